The van der Waals surface area contributed by atoms with Crippen LogP contribution in [0.2, 0.25) is 0 Å². The first-order chi connectivity index (χ1) is 15.7. The molecule has 1 aliphatic rings. The molecule has 32 heavy (non-hydrogen) atoms. The van der Waals surface area contributed by atoms with Crippen LogP contribution in [0.25, 0.3) is 0 Å². The number of rotatable bonds is 6. The summed E-state index contributed by atoms with van der Waals surface area (Å²) < 4.78 is 11.1. The van der Waals surface area contributed by atoms with Crippen molar-refractivity contribution >= 4 is 17.9 Å². The first-order valence-electron chi connectivity index (χ1n) is 10.3. The van der Waals surface area contributed by atoms with E-state index in [0.717, 1.165) is 19.4 Å². The highest BCUT2D eigenvalue weighted by molar-refractivity contribution is 5.92. The van der Waals surface area contributed by atoms with Gasteiger partial charge in [-0.25, -0.2) is 20.2 Å². The molecule has 0 aliphatic carbocycles. The molecule has 0 radical (unpaired) electrons. The number of furan rings is 1. The third kappa shape index (κ3) is 5.75. The lowest BCUT2D eigenvalue weighted by molar-refractivity contribution is 0.0903. The molecule has 1 saturated heterocycles. The third-order valence-corrected chi connectivity index (χ3v) is 4.89. The number of nitrogens with zero attached hydrogens (tertiary/aromatic N) is 3. The molecule has 0 bridgehead atoms. The van der Waals surface area contributed by atoms with Gasteiger partial charge in [0.2, 0.25) is 5.95 Å². The number of nitrogens with one attached hydrogen (secondary N) is 3. The number of amides is 3. The molecule has 1 aliphatic heterocycles. The molecule has 1 fully saturated rings. The van der Waals surface area contributed by atoms with Crippen LogP contribution < -0.4 is 25.8 Å². The van der Waals surface area contributed by atoms with E-state index < -0.39 is 11.9 Å². The quantitative estimate of drug-likeness (QED) is 0.507. The van der Waals surface area contributed by atoms with Crippen molar-refractivity contribution in [2.45, 2.75) is 25.5 Å². The van der Waals surface area contributed by atoms with Gasteiger partial charge in [0.15, 0.2) is 5.76 Å². The number of aromatic nitrogens is 2. The lowest BCUT2D eigenvalue weighted by Gasteiger charge is -2.33. The van der Waals surface area contributed by atoms with Crippen LogP contribution in [0, 0.1) is 0 Å². The van der Waals surface area contributed by atoms with Crippen molar-refractivity contribution in [1.29, 1.82) is 0 Å². The fourth-order valence-corrected chi connectivity index (χ4v) is 3.38. The van der Waals surface area contributed by atoms with Gasteiger partial charge in [0, 0.05) is 31.5 Å². The molecule has 3 N–H and O–H groups in total. The van der Waals surface area contributed by atoms with Crippen LogP contribution in [-0.2, 0) is 6.61 Å². The summed E-state index contributed by atoms with van der Waals surface area (Å²) in [6, 6.07) is 13.6. The number of hydrogen-bond donors (Lipinski definition) is 3. The first kappa shape index (κ1) is 21.2. The predicted molar refractivity (Wildman–Crippen MR) is 116 cm³/mol. The zero-order valence-corrected chi connectivity index (χ0v) is 17.4. The molecule has 166 valence electrons. The highest BCUT2D eigenvalue weighted by Crippen LogP contribution is 2.15. The van der Waals surface area contributed by atoms with Gasteiger partial charge in [-0.1, -0.05) is 18.2 Å². The minimum absolute atomic E-state index is 0.0713. The second-order valence-corrected chi connectivity index (χ2v) is 7.25. The zero-order chi connectivity index (χ0) is 22.2. The van der Waals surface area contributed by atoms with Gasteiger partial charge < -0.3 is 19.4 Å². The molecule has 3 heterocycles. The van der Waals surface area contributed by atoms with Crippen molar-refractivity contribution in [2.24, 2.45) is 0 Å². The van der Waals surface area contributed by atoms with Gasteiger partial charge >= 0.3 is 11.9 Å². The Morgan fingerprint density at radius 2 is 1.88 bits per heavy atom. The van der Waals surface area contributed by atoms with Gasteiger partial charge in [0.25, 0.3) is 0 Å². The molecule has 1 aromatic carbocycles. The Bertz CT molecular complexity index is 1030. The lowest BCUT2D eigenvalue weighted by Crippen LogP contribution is -2.54. The summed E-state index contributed by atoms with van der Waals surface area (Å²) in [6.07, 6.45) is 5.11. The fourth-order valence-electron chi connectivity index (χ4n) is 3.38. The molecular formula is C22H24N6O4. The highest BCUT2D eigenvalue weighted by Gasteiger charge is 2.23. The smallest absolute Gasteiger partial charge is 0.333 e. The Morgan fingerprint density at radius 1 is 1.06 bits per heavy atom. The summed E-state index contributed by atoms with van der Waals surface area (Å²) in [4.78, 5) is 35.0. The van der Waals surface area contributed by atoms with Gasteiger partial charge in [-0.15, -0.1) is 0 Å². The van der Waals surface area contributed by atoms with E-state index in [4.69, 9.17) is 9.15 Å². The van der Waals surface area contributed by atoms with Crippen molar-refractivity contribution in [3.05, 3.63) is 72.4 Å². The Kier molecular flexibility index (Phi) is 6.81. The van der Waals surface area contributed by atoms with Gasteiger partial charge in [0.1, 0.15) is 18.1 Å². The van der Waals surface area contributed by atoms with E-state index in [1.165, 1.54) is 6.07 Å². The van der Waals surface area contributed by atoms with Gasteiger partial charge in [-0.2, -0.15) is 0 Å². The number of benzene rings is 1. The lowest BCUT2D eigenvalue weighted by atomic mass is 10.1. The van der Waals surface area contributed by atoms with Crippen LogP contribution >= 0.6 is 0 Å². The van der Waals surface area contributed by atoms with Gasteiger partial charge in [-0.05, 0) is 43.2 Å². The topological polar surface area (TPSA) is 122 Å². The monoisotopic (exact) mass is 436 g/mol. The summed E-state index contributed by atoms with van der Waals surface area (Å²) in [5.41, 5.74) is 4.70. The Labute approximate surface area is 185 Å². The average Bonchev–Trinajstić information content (AvgIpc) is 3.32. The Hall–Kier alpha value is -4.08. The summed E-state index contributed by atoms with van der Waals surface area (Å²) in [6.45, 7) is 1.61. The SMILES string of the molecule is O=C(NNC(=O)c1ccc(COc2ccccc2)o1)NC1CCCN(c2ncccn2)C1. The van der Waals surface area contributed by atoms with E-state index in [1.807, 2.05) is 35.2 Å². The summed E-state index contributed by atoms with van der Waals surface area (Å²) >= 11 is 0. The molecule has 10 heteroatoms. The number of carbonyl (C=O) groups is 2. The van der Waals surface area contributed by atoms with Crippen molar-refractivity contribution in [3.63, 3.8) is 0 Å². The number of hydrogen-bond acceptors (Lipinski definition) is 7. The van der Waals surface area contributed by atoms with Crippen molar-refractivity contribution in [1.82, 2.24) is 26.1 Å². The molecule has 0 saturated carbocycles. The number of para-hydroxylation sites is 1. The molecule has 1 atom stereocenters. The third-order valence-electron chi connectivity index (χ3n) is 4.89. The maximum Gasteiger partial charge on any atom is 0.333 e. The second kappa shape index (κ2) is 10.3. The number of ether oxygens (including phenoxy) is 1. The number of piperidine rings is 1. The van der Waals surface area contributed by atoms with Gasteiger partial charge in [-0.3, -0.25) is 10.2 Å². The minimum atomic E-state index is -0.561. The number of anilines is 1. The predicted octanol–water partition coefficient (Wildman–Crippen LogP) is 2.26. The largest absolute Gasteiger partial charge is 0.486 e. The molecule has 3 aromatic rings. The van der Waals surface area contributed by atoms with E-state index in [9.17, 15) is 9.59 Å². The minimum Gasteiger partial charge on any atom is -0.486 e. The van der Waals surface area contributed by atoms with Crippen molar-refractivity contribution < 1.29 is 18.7 Å². The molecule has 2 aromatic heterocycles. The Morgan fingerprint density at radius 3 is 2.69 bits per heavy atom. The van der Waals surface area contributed by atoms with Crippen molar-refractivity contribution in [2.75, 3.05) is 18.0 Å². The van der Waals surface area contributed by atoms with Crippen LogP contribution in [0.1, 0.15) is 29.2 Å². The average molecular weight is 436 g/mol. The maximum absolute atomic E-state index is 12.3. The van der Waals surface area contributed by atoms with Crippen LogP contribution in [0.4, 0.5) is 10.7 Å². The molecule has 0 spiro atoms. The standard InChI is InChI=1S/C22H24N6O4/c29-20(19-10-9-18(32-19)15-31-17-7-2-1-3-8-17)26-27-22(30)25-16-6-4-13-28(14-16)21-23-11-5-12-24-21/h1-3,5,7-12,16H,4,6,13-15H2,(H,26,29)(H2,25,27,30). The van der Waals surface area contributed by atoms with E-state index >= 15 is 0 Å². The molecule has 1 unspecified atom stereocenters. The van der Waals surface area contributed by atoms with E-state index in [0.29, 0.717) is 24.0 Å². The maximum atomic E-state index is 12.3. The summed E-state index contributed by atoms with van der Waals surface area (Å²) in [7, 11) is 0. The molecular weight excluding hydrogens is 412 g/mol. The normalized spacial score (nSPS) is 15.6. The number of hydrazine groups is 1. The van der Waals surface area contributed by atoms with Crippen molar-refractivity contribution in [3.8, 4) is 5.75 Å². The summed E-state index contributed by atoms with van der Waals surface area (Å²) in [5.74, 6) is 1.34. The molecule has 3 amide bonds. The van der Waals surface area contributed by atoms with Crippen LogP contribution in [-0.4, -0.2) is 41.0 Å². The van der Waals surface area contributed by atoms with Gasteiger partial charge in [0.05, 0.1) is 0 Å². The molecule has 10 nitrogen and oxygen atoms in total. The number of carbonyl (C=O) groups excluding carboxylic acids is 2. The van der Waals surface area contributed by atoms with Crippen LogP contribution in [0.5, 0.6) is 5.75 Å². The fraction of sp³-hybridized carbons (Fsp3) is 0.273. The second-order valence-electron chi connectivity index (χ2n) is 7.25. The number of urea groups is 1. The Balaban J connectivity index is 1.21. The van der Waals surface area contributed by atoms with E-state index in [-0.39, 0.29) is 18.4 Å². The van der Waals surface area contributed by atoms with E-state index in [1.54, 1.807) is 24.5 Å². The van der Waals surface area contributed by atoms with Crippen LogP contribution in [0.15, 0.2) is 65.3 Å². The summed E-state index contributed by atoms with van der Waals surface area (Å²) in [5, 5.41) is 2.86. The highest BCUT2D eigenvalue weighted by atomic mass is 16.5. The van der Waals surface area contributed by atoms with E-state index in [2.05, 4.69) is 26.1 Å². The zero-order valence-electron chi connectivity index (χ0n) is 17.4. The van der Waals surface area contributed by atoms with Crippen LogP contribution in [0.3, 0.4) is 0 Å². The first-order valence-corrected chi connectivity index (χ1v) is 10.3. The molecule has 4 rings (SSSR count).